The van der Waals surface area contributed by atoms with Gasteiger partial charge in [-0.25, -0.2) is 13.1 Å². The van der Waals surface area contributed by atoms with E-state index in [2.05, 4.69) is 4.72 Å². The van der Waals surface area contributed by atoms with E-state index < -0.39 is 20.6 Å². The molecule has 0 aromatic heterocycles. The second-order valence-corrected chi connectivity index (χ2v) is 6.36. The summed E-state index contributed by atoms with van der Waals surface area (Å²) in [5.41, 5.74) is -0.476. The number of nitrogens with zero attached hydrogens (tertiary/aromatic N) is 1. The highest BCUT2D eigenvalue weighted by Crippen LogP contribution is 2.25. The molecule has 24 heavy (non-hydrogen) atoms. The maximum atomic E-state index is 12.2. The van der Waals surface area contributed by atoms with Gasteiger partial charge in [-0.15, -0.1) is 0 Å². The zero-order valence-electron chi connectivity index (χ0n) is 12.8. The molecule has 0 heterocycles. The van der Waals surface area contributed by atoms with Gasteiger partial charge in [-0.3, -0.25) is 10.1 Å². The van der Waals surface area contributed by atoms with Crippen molar-refractivity contribution >= 4 is 15.7 Å². The predicted molar refractivity (Wildman–Crippen MR) is 86.8 cm³/mol. The highest BCUT2D eigenvalue weighted by Gasteiger charge is 2.24. The van der Waals surface area contributed by atoms with E-state index >= 15 is 0 Å². The monoisotopic (exact) mass is 352 g/mol. The van der Waals surface area contributed by atoms with Crippen LogP contribution in [0.1, 0.15) is 0 Å². The van der Waals surface area contributed by atoms with Gasteiger partial charge in [-0.1, -0.05) is 24.3 Å². The molecular formula is C15H16N2O6S. The van der Waals surface area contributed by atoms with Crippen LogP contribution in [0.2, 0.25) is 0 Å². The molecule has 0 radical (unpaired) electrons. The average Bonchev–Trinajstić information content (AvgIpc) is 2.59. The maximum absolute atomic E-state index is 12.2. The van der Waals surface area contributed by atoms with Crippen LogP contribution in [0.4, 0.5) is 5.69 Å². The molecule has 1 N–H and O–H groups in total. The summed E-state index contributed by atoms with van der Waals surface area (Å²) in [4.78, 5) is 9.81. The van der Waals surface area contributed by atoms with Crippen LogP contribution in [0.15, 0.2) is 53.4 Å². The van der Waals surface area contributed by atoms with Gasteiger partial charge in [-0.05, 0) is 18.2 Å². The lowest BCUT2D eigenvalue weighted by molar-refractivity contribution is -0.387. The Bertz CT molecular complexity index is 822. The second-order valence-electron chi connectivity index (χ2n) is 4.62. The van der Waals surface area contributed by atoms with Gasteiger partial charge in [-0.2, -0.15) is 0 Å². The van der Waals surface area contributed by atoms with Crippen LogP contribution in [0.25, 0.3) is 0 Å². The van der Waals surface area contributed by atoms with Gasteiger partial charge < -0.3 is 9.47 Å². The van der Waals surface area contributed by atoms with E-state index in [0.717, 1.165) is 6.07 Å². The summed E-state index contributed by atoms with van der Waals surface area (Å²) in [6.45, 7) is -0.00728. The molecule has 0 fully saturated rings. The summed E-state index contributed by atoms with van der Waals surface area (Å²) in [6, 6.07) is 12.1. The summed E-state index contributed by atoms with van der Waals surface area (Å²) < 4.78 is 37.2. The molecule has 8 nitrogen and oxygen atoms in total. The molecule has 0 atom stereocenters. The quantitative estimate of drug-likeness (QED) is 0.442. The molecule has 0 aliphatic rings. The number of nitrogens with one attached hydrogen (secondary N) is 1. The summed E-state index contributed by atoms with van der Waals surface area (Å²) in [5, 5.41) is 10.9. The fourth-order valence-electron chi connectivity index (χ4n) is 1.99. The molecule has 0 spiro atoms. The molecule has 0 aliphatic carbocycles. The smallest absolute Gasteiger partial charge is 0.289 e. The van der Waals surface area contributed by atoms with Crippen molar-refractivity contribution in [2.75, 3.05) is 20.3 Å². The van der Waals surface area contributed by atoms with Gasteiger partial charge in [0.25, 0.3) is 5.69 Å². The molecular weight excluding hydrogens is 336 g/mol. The number of nitro groups is 1. The maximum Gasteiger partial charge on any atom is 0.289 e. The normalized spacial score (nSPS) is 11.0. The number of nitro benzene ring substituents is 1. The fourth-order valence-corrected chi connectivity index (χ4v) is 3.17. The lowest BCUT2D eigenvalue weighted by atomic mass is 10.3. The van der Waals surface area contributed by atoms with Crippen LogP contribution in [0.5, 0.6) is 11.5 Å². The lowest BCUT2D eigenvalue weighted by Crippen LogP contribution is -2.28. The number of rotatable bonds is 8. The summed E-state index contributed by atoms with van der Waals surface area (Å²) in [7, 11) is -2.51. The molecule has 0 saturated carbocycles. The van der Waals surface area contributed by atoms with Crippen molar-refractivity contribution in [2.45, 2.75) is 4.90 Å². The van der Waals surface area contributed by atoms with Gasteiger partial charge in [0.2, 0.25) is 10.0 Å². The third-order valence-electron chi connectivity index (χ3n) is 3.07. The van der Waals surface area contributed by atoms with E-state index in [1.54, 1.807) is 24.3 Å². The fraction of sp³-hybridized carbons (Fsp3) is 0.200. The molecule has 0 bridgehead atoms. The van der Waals surface area contributed by atoms with Crippen LogP contribution in [0.3, 0.4) is 0 Å². The van der Waals surface area contributed by atoms with E-state index in [-0.39, 0.29) is 18.0 Å². The van der Waals surface area contributed by atoms with E-state index in [4.69, 9.17) is 9.47 Å². The van der Waals surface area contributed by atoms with Crippen molar-refractivity contribution in [3.63, 3.8) is 0 Å². The van der Waals surface area contributed by atoms with Crippen molar-refractivity contribution in [1.29, 1.82) is 0 Å². The highest BCUT2D eigenvalue weighted by molar-refractivity contribution is 7.89. The molecule has 2 aromatic rings. The number of para-hydroxylation sites is 3. The molecule has 0 aliphatic heterocycles. The Morgan fingerprint density at radius 2 is 1.71 bits per heavy atom. The number of benzene rings is 2. The molecule has 2 rings (SSSR count). The minimum Gasteiger partial charge on any atom is -0.493 e. The molecule has 0 saturated heterocycles. The van der Waals surface area contributed by atoms with E-state index in [0.29, 0.717) is 11.5 Å². The third-order valence-corrected chi connectivity index (χ3v) is 4.58. The van der Waals surface area contributed by atoms with Crippen molar-refractivity contribution in [3.05, 3.63) is 58.6 Å². The highest BCUT2D eigenvalue weighted by atomic mass is 32.2. The van der Waals surface area contributed by atoms with E-state index in [1.807, 2.05) is 0 Å². The standard InChI is InChI=1S/C15H16N2O6S/c1-22-13-7-3-4-8-14(13)23-11-10-16-24(20,21)15-9-5-2-6-12(15)17(18)19/h2-9,16H,10-11H2,1H3. The second kappa shape index (κ2) is 7.75. The largest absolute Gasteiger partial charge is 0.493 e. The topological polar surface area (TPSA) is 108 Å². The first-order valence-electron chi connectivity index (χ1n) is 6.94. The van der Waals surface area contributed by atoms with Gasteiger partial charge in [0.1, 0.15) is 6.61 Å². The third kappa shape index (κ3) is 4.21. The average molecular weight is 352 g/mol. The number of hydrogen-bond acceptors (Lipinski definition) is 6. The first-order chi connectivity index (χ1) is 11.5. The molecule has 2 aromatic carbocycles. The van der Waals surface area contributed by atoms with Crippen LogP contribution in [-0.4, -0.2) is 33.6 Å². The zero-order valence-corrected chi connectivity index (χ0v) is 13.7. The Morgan fingerprint density at radius 3 is 2.38 bits per heavy atom. The number of methoxy groups -OCH3 is 1. The van der Waals surface area contributed by atoms with E-state index in [9.17, 15) is 18.5 Å². The predicted octanol–water partition coefficient (Wildman–Crippen LogP) is 1.96. The number of hydrogen-bond donors (Lipinski definition) is 1. The SMILES string of the molecule is COc1ccccc1OCCNS(=O)(=O)c1ccccc1[N+](=O)[O-]. The zero-order chi connectivity index (χ0) is 17.6. The molecule has 128 valence electrons. The van der Waals surface area contributed by atoms with Gasteiger partial charge >= 0.3 is 0 Å². The van der Waals surface area contributed by atoms with Crippen molar-refractivity contribution in [3.8, 4) is 11.5 Å². The van der Waals surface area contributed by atoms with Gasteiger partial charge in [0.15, 0.2) is 16.4 Å². The van der Waals surface area contributed by atoms with Gasteiger partial charge in [0, 0.05) is 12.6 Å². The van der Waals surface area contributed by atoms with Crippen molar-refractivity contribution in [2.24, 2.45) is 0 Å². The number of sulfonamides is 1. The molecule has 0 amide bonds. The summed E-state index contributed by atoms with van der Waals surface area (Å²) in [6.07, 6.45) is 0. The summed E-state index contributed by atoms with van der Waals surface area (Å²) in [5.74, 6) is 1.00. The van der Waals surface area contributed by atoms with Crippen molar-refractivity contribution in [1.82, 2.24) is 4.72 Å². The van der Waals surface area contributed by atoms with Gasteiger partial charge in [0.05, 0.1) is 12.0 Å². The van der Waals surface area contributed by atoms with Crippen molar-refractivity contribution < 1.29 is 22.8 Å². The minimum absolute atomic E-state index is 0.0419. The van der Waals surface area contributed by atoms with Crippen LogP contribution in [0, 0.1) is 10.1 Å². The minimum atomic E-state index is -4.01. The Balaban J connectivity index is 2.00. The first-order valence-corrected chi connectivity index (χ1v) is 8.43. The Labute approximate surface area is 139 Å². The number of ether oxygens (including phenoxy) is 2. The van der Waals surface area contributed by atoms with E-state index in [1.165, 1.54) is 25.3 Å². The van der Waals surface area contributed by atoms with Crippen LogP contribution >= 0.6 is 0 Å². The Kier molecular flexibility index (Phi) is 5.72. The Morgan fingerprint density at radius 1 is 1.08 bits per heavy atom. The van der Waals surface area contributed by atoms with Crippen LogP contribution in [-0.2, 0) is 10.0 Å². The molecule has 0 unspecified atom stereocenters. The van der Waals surface area contributed by atoms with Crippen LogP contribution < -0.4 is 14.2 Å². The lowest BCUT2D eigenvalue weighted by Gasteiger charge is -2.11. The molecule has 9 heteroatoms. The first kappa shape index (κ1) is 17.7. The summed E-state index contributed by atoms with van der Waals surface area (Å²) >= 11 is 0. The Hall–Kier alpha value is -2.65.